The maximum absolute atomic E-state index is 14.7. The number of fused-ring (bicyclic) bond motifs is 3. The highest BCUT2D eigenvalue weighted by Crippen LogP contribution is 2.65. The molecule has 3 aliphatic carbocycles. The van der Waals surface area contributed by atoms with Crippen LogP contribution in [0.2, 0.25) is 0 Å². The van der Waals surface area contributed by atoms with Crippen molar-refractivity contribution in [2.24, 2.45) is 22.7 Å². The number of aromatic hydroxyl groups is 1. The van der Waals surface area contributed by atoms with Gasteiger partial charge < -0.3 is 20.4 Å². The molecule has 7 heteroatoms. The number of benzene rings is 3. The predicted molar refractivity (Wildman–Crippen MR) is 198 cm³/mol. The van der Waals surface area contributed by atoms with Crippen LogP contribution in [-0.2, 0) is 40.1 Å². The van der Waals surface area contributed by atoms with Crippen molar-refractivity contribution in [1.29, 1.82) is 0 Å². The molecular formula is C44H50O7. The first-order valence-corrected chi connectivity index (χ1v) is 18.2. The average molecular weight is 691 g/mol. The van der Waals surface area contributed by atoms with E-state index in [1.165, 1.54) is 22.8 Å². The number of hydrogen-bond donors (Lipinski definition) is 4. The number of aryl methyl sites for hydroxylation is 4. The minimum absolute atomic E-state index is 0.0572. The van der Waals surface area contributed by atoms with Crippen LogP contribution in [0.1, 0.15) is 94.2 Å². The summed E-state index contributed by atoms with van der Waals surface area (Å²) in [6.07, 6.45) is 5.03. The second-order valence-corrected chi connectivity index (χ2v) is 16.0. The van der Waals surface area contributed by atoms with Crippen molar-refractivity contribution in [2.45, 2.75) is 99.0 Å². The number of carbonyl (C=O) groups is 3. The molecule has 3 aromatic carbocycles. The fourth-order valence-corrected chi connectivity index (χ4v) is 9.72. The van der Waals surface area contributed by atoms with Gasteiger partial charge in [-0.05, 0) is 104 Å². The average Bonchev–Trinajstić information content (AvgIpc) is 3.05. The van der Waals surface area contributed by atoms with Gasteiger partial charge in [0, 0.05) is 22.3 Å². The molecule has 1 saturated carbocycles. The number of aliphatic hydroxyl groups is 3. The van der Waals surface area contributed by atoms with Crippen LogP contribution >= 0.6 is 0 Å². The number of unbranched alkanes of at least 4 members (excludes halogenated alkanes) is 1. The molecule has 0 heterocycles. The molecule has 268 valence electrons. The van der Waals surface area contributed by atoms with Crippen molar-refractivity contribution < 1.29 is 34.8 Å². The van der Waals surface area contributed by atoms with Crippen molar-refractivity contribution in [3.05, 3.63) is 105 Å². The Bertz CT molecular complexity index is 2020. The first kappa shape index (κ1) is 36.3. The predicted octanol–water partition coefficient (Wildman–Crippen LogP) is 8.29. The summed E-state index contributed by atoms with van der Waals surface area (Å²) in [5, 5.41) is 47.1. The van der Waals surface area contributed by atoms with Crippen LogP contribution < -0.4 is 0 Å². The van der Waals surface area contributed by atoms with Gasteiger partial charge in [0.2, 0.25) is 5.78 Å². The minimum atomic E-state index is -2.63. The number of phenols is 1. The molecule has 7 nitrogen and oxygen atoms in total. The molecule has 0 spiro atoms. The van der Waals surface area contributed by atoms with Gasteiger partial charge in [-0.3, -0.25) is 14.4 Å². The van der Waals surface area contributed by atoms with Gasteiger partial charge in [0.1, 0.15) is 22.8 Å². The van der Waals surface area contributed by atoms with E-state index < -0.39 is 56.8 Å². The Kier molecular flexibility index (Phi) is 9.20. The van der Waals surface area contributed by atoms with E-state index in [9.17, 15) is 34.8 Å². The first-order valence-electron chi connectivity index (χ1n) is 18.2. The van der Waals surface area contributed by atoms with E-state index in [0.717, 1.165) is 55.7 Å². The summed E-state index contributed by atoms with van der Waals surface area (Å²) < 4.78 is 0. The van der Waals surface area contributed by atoms with Gasteiger partial charge in [0.05, 0.1) is 5.56 Å². The summed E-state index contributed by atoms with van der Waals surface area (Å²) in [7, 11) is 0. The fourth-order valence-electron chi connectivity index (χ4n) is 9.72. The number of rotatable bonds is 9. The Labute approximate surface area is 300 Å². The molecule has 0 aliphatic heterocycles. The Balaban J connectivity index is 1.44. The minimum Gasteiger partial charge on any atom is -0.508 e. The number of aliphatic hydroxyl groups excluding tert-OH is 2. The zero-order valence-corrected chi connectivity index (χ0v) is 30.8. The van der Waals surface area contributed by atoms with E-state index in [1.807, 2.05) is 13.0 Å². The summed E-state index contributed by atoms with van der Waals surface area (Å²) in [6.45, 7) is 12.4. The lowest BCUT2D eigenvalue weighted by Gasteiger charge is -2.59. The fraction of sp³-hybridized carbons (Fsp3) is 0.432. The third-order valence-corrected chi connectivity index (χ3v) is 12.0. The van der Waals surface area contributed by atoms with Gasteiger partial charge >= 0.3 is 0 Å². The molecule has 3 aromatic rings. The second kappa shape index (κ2) is 12.9. The molecule has 3 aliphatic rings. The van der Waals surface area contributed by atoms with E-state index in [4.69, 9.17) is 0 Å². The van der Waals surface area contributed by atoms with Crippen LogP contribution in [0.3, 0.4) is 0 Å². The monoisotopic (exact) mass is 690 g/mol. The Hall–Kier alpha value is -4.49. The van der Waals surface area contributed by atoms with Crippen molar-refractivity contribution >= 4 is 23.1 Å². The van der Waals surface area contributed by atoms with E-state index in [1.54, 1.807) is 20.8 Å². The van der Waals surface area contributed by atoms with Gasteiger partial charge in [-0.1, -0.05) is 88.7 Å². The number of carbonyl (C=O) groups excluding carboxylic acids is 3. The van der Waals surface area contributed by atoms with Crippen LogP contribution in [0.5, 0.6) is 5.75 Å². The number of phenolic OH excluding ortho intramolecular Hbond substituents is 1. The van der Waals surface area contributed by atoms with Gasteiger partial charge in [-0.25, -0.2) is 0 Å². The zero-order chi connectivity index (χ0) is 37.2. The Morgan fingerprint density at radius 2 is 1.53 bits per heavy atom. The third-order valence-electron chi connectivity index (χ3n) is 12.0. The van der Waals surface area contributed by atoms with E-state index >= 15 is 0 Å². The molecule has 0 bridgehead atoms. The van der Waals surface area contributed by atoms with Crippen LogP contribution in [0.25, 0.3) is 16.9 Å². The van der Waals surface area contributed by atoms with Gasteiger partial charge in [0.25, 0.3) is 0 Å². The van der Waals surface area contributed by atoms with Crippen LogP contribution in [-0.4, -0.2) is 43.4 Å². The number of ketones is 3. The maximum Gasteiger partial charge on any atom is 0.203 e. The number of Topliss-reactive ketones (excluding diaryl/α,β-unsaturated/α-hetero) is 3. The van der Waals surface area contributed by atoms with Crippen molar-refractivity contribution in [1.82, 2.24) is 0 Å². The van der Waals surface area contributed by atoms with Gasteiger partial charge in [0.15, 0.2) is 17.2 Å². The molecule has 0 aromatic heterocycles. The smallest absolute Gasteiger partial charge is 0.203 e. The zero-order valence-electron chi connectivity index (χ0n) is 30.8. The van der Waals surface area contributed by atoms with Gasteiger partial charge in [-0.15, -0.1) is 0 Å². The van der Waals surface area contributed by atoms with Crippen LogP contribution in [0, 0.1) is 29.6 Å². The summed E-state index contributed by atoms with van der Waals surface area (Å²) in [6, 6.07) is 18.6. The molecule has 1 unspecified atom stereocenters. The topological polar surface area (TPSA) is 132 Å². The molecule has 4 atom stereocenters. The van der Waals surface area contributed by atoms with Crippen molar-refractivity contribution in [3.63, 3.8) is 0 Å². The molecule has 0 amide bonds. The summed E-state index contributed by atoms with van der Waals surface area (Å²) in [5.41, 5.74) is 1.60. The summed E-state index contributed by atoms with van der Waals surface area (Å²) in [5.74, 6) is -5.25. The Morgan fingerprint density at radius 1 is 0.902 bits per heavy atom. The molecule has 51 heavy (non-hydrogen) atoms. The summed E-state index contributed by atoms with van der Waals surface area (Å²) >= 11 is 0. The Morgan fingerprint density at radius 3 is 2.14 bits per heavy atom. The number of allylic oxidation sites excluding steroid dienone is 1. The van der Waals surface area contributed by atoms with Crippen molar-refractivity contribution in [3.8, 4) is 16.9 Å². The van der Waals surface area contributed by atoms with Crippen LogP contribution in [0.15, 0.2) is 71.5 Å². The normalized spacial score (nSPS) is 25.9. The SMILES string of the molecule is CCc1ccc(CCCCc2ccc(C)cc2)cc1-c1ccc(O)c2c1C[C@]1(C)C[C@]3(C)C(C(C)C)C(=O)C(C(C)=O)=C(O)[C@]3(O)C(=O)C1=C2O. The highest BCUT2D eigenvalue weighted by molar-refractivity contribution is 6.24. The largest absolute Gasteiger partial charge is 0.508 e. The van der Waals surface area contributed by atoms with E-state index in [2.05, 4.69) is 56.3 Å². The molecule has 1 fully saturated rings. The lowest BCUT2D eigenvalue weighted by atomic mass is 9.43. The highest BCUT2D eigenvalue weighted by Gasteiger charge is 2.72. The maximum atomic E-state index is 14.7. The summed E-state index contributed by atoms with van der Waals surface area (Å²) in [4.78, 5) is 41.2. The first-order chi connectivity index (χ1) is 24.0. The molecule has 0 radical (unpaired) electrons. The lowest BCUT2D eigenvalue weighted by molar-refractivity contribution is -0.178. The second-order valence-electron chi connectivity index (χ2n) is 16.0. The van der Waals surface area contributed by atoms with Crippen LogP contribution in [0.4, 0.5) is 0 Å². The quantitative estimate of drug-likeness (QED) is 0.131. The standard InChI is InChI=1S/C44H50O7/c1-8-29-18-17-28(12-10-9-11-27-15-13-25(4)14-16-27)21-31(29)30-19-20-33(46)35-32(30)22-42(6)23-43(7)36(24(2)3)38(47)34(26(5)45)40(49)44(43,51)41(50)37(42)39(35)48/h13-21,24,36,46,48-49,51H,8-12,22-23H2,1-7H3/t36?,42-,43-,44+/m1/s1. The molecule has 0 saturated heterocycles. The molecular weight excluding hydrogens is 640 g/mol. The lowest BCUT2D eigenvalue weighted by Crippen LogP contribution is -2.69. The molecule has 4 N–H and O–H groups in total. The van der Waals surface area contributed by atoms with Gasteiger partial charge in [-0.2, -0.15) is 0 Å². The number of hydrogen-bond acceptors (Lipinski definition) is 7. The highest BCUT2D eigenvalue weighted by atomic mass is 16.3. The molecule has 6 rings (SSSR count). The van der Waals surface area contributed by atoms with Crippen molar-refractivity contribution in [2.75, 3.05) is 0 Å². The van der Waals surface area contributed by atoms with E-state index in [-0.39, 0.29) is 35.6 Å². The van der Waals surface area contributed by atoms with E-state index in [0.29, 0.717) is 5.56 Å². The third kappa shape index (κ3) is 5.56.